The number of ketones is 1. The molecule has 16 heteroatoms. The second-order valence-corrected chi connectivity index (χ2v) is 15.8. The van der Waals surface area contributed by atoms with Crippen LogP contribution in [0.5, 0.6) is 0 Å². The number of ether oxygens (including phenoxy) is 1. The first-order valence-corrected chi connectivity index (χ1v) is 17.9. The standard InChI is InChI=1S/C26H34N4O9S3/c1-16(2)11-12-26(30-41(35,36)14-13-39-3)19-8-6-5-7-18(19)23(31)22(24(26)32)25-27-20-10-9-17(28-40(4,33)34)15-21(20)42(37,38)29-25/h5-10,15-16,28,30-31,37-38H,11-14H2,1-4H3,(H,27,29). The molecule has 0 amide bonds. The van der Waals surface area contributed by atoms with Gasteiger partial charge in [0.05, 0.1) is 30.0 Å². The Morgan fingerprint density at radius 2 is 1.81 bits per heavy atom. The van der Waals surface area contributed by atoms with Crippen LogP contribution in [0.2, 0.25) is 0 Å². The van der Waals surface area contributed by atoms with Crippen LogP contribution < -0.4 is 14.8 Å². The number of Topliss-reactive ketones (excluding diaryl/α,β-unsaturated/α-hetero) is 1. The predicted molar refractivity (Wildman–Crippen MR) is 163 cm³/mol. The van der Waals surface area contributed by atoms with Gasteiger partial charge in [-0.15, -0.1) is 4.40 Å². The highest BCUT2D eigenvalue weighted by Gasteiger charge is 2.51. The van der Waals surface area contributed by atoms with Crippen LogP contribution in [0.1, 0.15) is 37.8 Å². The number of hydrogen-bond acceptors (Lipinski definition) is 11. The van der Waals surface area contributed by atoms with Gasteiger partial charge in [0.2, 0.25) is 20.0 Å². The summed E-state index contributed by atoms with van der Waals surface area (Å²) >= 11 is 0. The first-order chi connectivity index (χ1) is 19.5. The molecule has 2 aliphatic rings. The van der Waals surface area contributed by atoms with Gasteiger partial charge < -0.3 is 15.2 Å². The molecule has 42 heavy (non-hydrogen) atoms. The van der Waals surface area contributed by atoms with Crippen molar-refractivity contribution in [3.63, 3.8) is 0 Å². The number of nitrogens with one attached hydrogen (secondary N) is 3. The van der Waals surface area contributed by atoms with Crippen LogP contribution >= 0.6 is 10.8 Å². The highest BCUT2D eigenvalue weighted by Crippen LogP contribution is 2.57. The lowest BCUT2D eigenvalue weighted by atomic mass is 9.72. The minimum absolute atomic E-state index is 0.0319. The molecule has 0 saturated heterocycles. The summed E-state index contributed by atoms with van der Waals surface area (Å²) in [4.78, 5) is 14.3. The Morgan fingerprint density at radius 3 is 2.45 bits per heavy atom. The second-order valence-electron chi connectivity index (χ2n) is 10.5. The maximum atomic E-state index is 14.5. The molecule has 2 aromatic carbocycles. The van der Waals surface area contributed by atoms with Crippen molar-refractivity contribution in [2.75, 3.05) is 35.8 Å². The summed E-state index contributed by atoms with van der Waals surface area (Å²) in [7, 11) is -10.4. The van der Waals surface area contributed by atoms with Gasteiger partial charge in [0.1, 0.15) is 21.8 Å². The van der Waals surface area contributed by atoms with Crippen LogP contribution in [0.3, 0.4) is 0 Å². The fraction of sp³-hybridized carbons (Fsp3) is 0.385. The summed E-state index contributed by atoms with van der Waals surface area (Å²) in [6.45, 7) is 3.72. The van der Waals surface area contributed by atoms with E-state index >= 15 is 0 Å². The summed E-state index contributed by atoms with van der Waals surface area (Å²) in [6, 6.07) is 10.3. The number of anilines is 2. The topological polar surface area (TPSA) is 204 Å². The molecule has 0 bridgehead atoms. The van der Waals surface area contributed by atoms with E-state index in [4.69, 9.17) is 4.74 Å². The van der Waals surface area contributed by atoms with E-state index in [1.165, 1.54) is 31.4 Å². The molecule has 13 nitrogen and oxygen atoms in total. The number of methoxy groups -OCH3 is 1. The number of nitrogens with zero attached hydrogens (tertiary/aromatic N) is 1. The zero-order chi connectivity index (χ0) is 31.1. The van der Waals surface area contributed by atoms with Gasteiger partial charge in [-0.3, -0.25) is 18.6 Å². The number of aliphatic hydroxyl groups is 1. The molecule has 6 N–H and O–H groups in total. The molecular weight excluding hydrogens is 609 g/mol. The zero-order valence-corrected chi connectivity index (χ0v) is 25.9. The first kappa shape index (κ1) is 31.9. The van der Waals surface area contributed by atoms with E-state index in [0.29, 0.717) is 6.42 Å². The quantitative estimate of drug-likeness (QED) is 0.210. The van der Waals surface area contributed by atoms with E-state index in [9.17, 15) is 35.8 Å². The third-order valence-electron chi connectivity index (χ3n) is 6.76. The monoisotopic (exact) mass is 642 g/mol. The van der Waals surface area contributed by atoms with Crippen LogP contribution in [0.15, 0.2) is 57.3 Å². The molecule has 2 aromatic rings. The SMILES string of the molecule is COCCS(=O)(=O)NC1(CCC(C)C)C(=O)C(C2=NS(O)(O)c3cc(NS(C)(=O)=O)ccc3N2)=C(O)c2ccccc21. The van der Waals surface area contributed by atoms with Gasteiger partial charge in [0, 0.05) is 12.7 Å². The van der Waals surface area contributed by atoms with Crippen molar-refractivity contribution < 1.29 is 40.6 Å². The Bertz CT molecular complexity index is 1690. The number of benzene rings is 2. The van der Waals surface area contributed by atoms with Crippen LogP contribution in [-0.4, -0.2) is 68.4 Å². The highest BCUT2D eigenvalue weighted by molar-refractivity contribution is 8.23. The van der Waals surface area contributed by atoms with Crippen molar-refractivity contribution in [2.24, 2.45) is 10.3 Å². The van der Waals surface area contributed by atoms with Crippen molar-refractivity contribution in [3.8, 4) is 0 Å². The number of sulfonamides is 2. The number of fused-ring (bicyclic) bond motifs is 2. The number of rotatable bonds is 11. The van der Waals surface area contributed by atoms with Gasteiger partial charge in [-0.05, 0) is 42.5 Å². The first-order valence-electron chi connectivity index (χ1n) is 12.9. The van der Waals surface area contributed by atoms with Crippen LogP contribution in [0, 0.1) is 5.92 Å². The number of carbonyl (C=O) groups is 1. The Kier molecular flexibility index (Phi) is 8.82. The smallest absolute Gasteiger partial charge is 0.229 e. The van der Waals surface area contributed by atoms with Crippen molar-refractivity contribution in [2.45, 2.75) is 37.1 Å². The third-order valence-corrected chi connectivity index (χ3v) is 10.1. The second kappa shape index (κ2) is 11.6. The van der Waals surface area contributed by atoms with Gasteiger partial charge >= 0.3 is 0 Å². The number of amidine groups is 1. The van der Waals surface area contributed by atoms with Gasteiger partial charge in [-0.2, -0.15) is 4.72 Å². The minimum Gasteiger partial charge on any atom is -0.506 e. The van der Waals surface area contributed by atoms with E-state index < -0.39 is 59.2 Å². The number of hydrogen-bond donors (Lipinski definition) is 6. The fourth-order valence-electron chi connectivity index (χ4n) is 4.84. The molecule has 4 rings (SSSR count). The lowest BCUT2D eigenvalue weighted by molar-refractivity contribution is -0.121. The molecule has 0 saturated carbocycles. The summed E-state index contributed by atoms with van der Waals surface area (Å²) < 4.78 is 85.6. The van der Waals surface area contributed by atoms with Crippen molar-refractivity contribution in [1.82, 2.24) is 4.72 Å². The van der Waals surface area contributed by atoms with Gasteiger partial charge in [-0.25, -0.2) is 16.8 Å². The molecule has 0 aromatic heterocycles. The Labute approximate surface area is 246 Å². The average molecular weight is 643 g/mol. The number of aliphatic hydroxyl groups excluding tert-OH is 1. The van der Waals surface area contributed by atoms with Crippen molar-refractivity contribution in [3.05, 3.63) is 59.2 Å². The third kappa shape index (κ3) is 6.49. The van der Waals surface area contributed by atoms with E-state index in [1.807, 2.05) is 13.8 Å². The average Bonchev–Trinajstić information content (AvgIpc) is 2.88. The Balaban J connectivity index is 1.89. The Morgan fingerprint density at radius 1 is 1.12 bits per heavy atom. The van der Waals surface area contributed by atoms with E-state index in [-0.39, 0.29) is 52.2 Å². The normalized spacial score (nSPS) is 20.8. The van der Waals surface area contributed by atoms with Crippen LogP contribution in [-0.2, 0) is 35.1 Å². The Hall–Kier alpha value is -2.99. The number of carbonyl (C=O) groups excluding carboxylic acids is 1. The summed E-state index contributed by atoms with van der Waals surface area (Å²) in [6.07, 6.45) is 1.40. The lowest BCUT2D eigenvalue weighted by Gasteiger charge is -2.41. The molecule has 1 unspecified atom stereocenters. The van der Waals surface area contributed by atoms with E-state index in [0.717, 1.165) is 6.26 Å². The molecule has 0 spiro atoms. The molecule has 0 fully saturated rings. The molecule has 1 aliphatic carbocycles. The largest absolute Gasteiger partial charge is 0.506 e. The van der Waals surface area contributed by atoms with E-state index in [1.54, 1.807) is 18.2 Å². The molecular formula is C26H34N4O9S3. The maximum Gasteiger partial charge on any atom is 0.229 e. The maximum absolute atomic E-state index is 14.5. The van der Waals surface area contributed by atoms with Gasteiger partial charge in [0.25, 0.3) is 0 Å². The molecule has 230 valence electrons. The molecule has 1 aliphatic heterocycles. The van der Waals surface area contributed by atoms with Crippen molar-refractivity contribution >= 4 is 59.6 Å². The van der Waals surface area contributed by atoms with Crippen LogP contribution in [0.4, 0.5) is 11.4 Å². The molecule has 1 atom stereocenters. The summed E-state index contributed by atoms with van der Waals surface area (Å²) in [5, 5.41) is 14.2. The lowest BCUT2D eigenvalue weighted by Crippen LogP contribution is -2.56. The van der Waals surface area contributed by atoms with Gasteiger partial charge in [-0.1, -0.05) is 48.9 Å². The minimum atomic E-state index is -4.10. The van der Waals surface area contributed by atoms with Gasteiger partial charge in [0.15, 0.2) is 11.6 Å². The predicted octanol–water partition coefficient (Wildman–Crippen LogP) is 3.66. The van der Waals surface area contributed by atoms with E-state index in [2.05, 4.69) is 19.2 Å². The summed E-state index contributed by atoms with van der Waals surface area (Å²) in [5.41, 5.74) is -1.72. The summed E-state index contributed by atoms with van der Waals surface area (Å²) in [5.74, 6) is -2.09. The zero-order valence-electron chi connectivity index (χ0n) is 23.4. The fourth-order valence-corrected chi connectivity index (χ4v) is 7.91. The van der Waals surface area contributed by atoms with Crippen molar-refractivity contribution in [1.29, 1.82) is 0 Å². The molecule has 0 radical (unpaired) electrons. The van der Waals surface area contributed by atoms with Crippen LogP contribution in [0.25, 0.3) is 5.76 Å². The highest BCUT2D eigenvalue weighted by atomic mass is 32.3. The molecule has 1 heterocycles.